The fourth-order valence-electron chi connectivity index (χ4n) is 1.63. The van der Waals surface area contributed by atoms with Crippen molar-refractivity contribution in [2.75, 3.05) is 5.32 Å². The molecule has 2 rings (SSSR count). The zero-order valence-electron chi connectivity index (χ0n) is 9.20. The van der Waals surface area contributed by atoms with E-state index in [1.165, 1.54) is 5.56 Å². The summed E-state index contributed by atoms with van der Waals surface area (Å²) in [6, 6.07) is 8.21. The van der Waals surface area contributed by atoms with Crippen LogP contribution in [0.3, 0.4) is 0 Å². The van der Waals surface area contributed by atoms with Gasteiger partial charge in [0.05, 0.1) is 12.6 Å². The molecule has 80 valence electrons. The topological polar surface area (TPSA) is 50.4 Å². The summed E-state index contributed by atoms with van der Waals surface area (Å²) in [6.45, 7) is 4.95. The average Bonchev–Trinajstić information content (AvgIpc) is 2.27. The maximum atomic E-state index is 6.06. The van der Waals surface area contributed by atoms with E-state index in [1.54, 1.807) is 0 Å². The van der Waals surface area contributed by atoms with Gasteiger partial charge >= 0.3 is 0 Å². The van der Waals surface area contributed by atoms with Gasteiger partial charge in [-0.2, -0.15) is 0 Å². The minimum absolute atomic E-state index is 0.00152. The predicted molar refractivity (Wildman–Crippen MR) is 64.0 cm³/mol. The van der Waals surface area contributed by atoms with E-state index < -0.39 is 0 Å². The van der Waals surface area contributed by atoms with Crippen LogP contribution in [0.1, 0.15) is 19.4 Å². The Morgan fingerprint density at radius 1 is 1.33 bits per heavy atom. The van der Waals surface area contributed by atoms with E-state index in [2.05, 4.69) is 36.3 Å². The van der Waals surface area contributed by atoms with Crippen molar-refractivity contribution in [3.63, 3.8) is 0 Å². The summed E-state index contributed by atoms with van der Waals surface area (Å²) in [5.74, 6) is 1.31. The highest BCUT2D eigenvalue weighted by atomic mass is 15.1. The quantitative estimate of drug-likeness (QED) is 0.772. The number of hydrogen-bond acceptors (Lipinski definition) is 3. The van der Waals surface area contributed by atoms with Crippen molar-refractivity contribution < 1.29 is 0 Å². The smallest absolute Gasteiger partial charge is 0.118 e. The Labute approximate surface area is 90.4 Å². The van der Waals surface area contributed by atoms with E-state index in [0.717, 1.165) is 18.1 Å². The van der Waals surface area contributed by atoms with Gasteiger partial charge in [-0.1, -0.05) is 32.0 Å². The summed E-state index contributed by atoms with van der Waals surface area (Å²) in [5.41, 5.74) is 8.43. The largest absolute Gasteiger partial charge is 0.342 e. The SMILES string of the molecule is CC(C)[C@@H](N)C1=NCc2ccccc2N1. The molecular formula is C12H17N3. The van der Waals surface area contributed by atoms with Crippen LogP contribution in [-0.2, 0) is 6.54 Å². The van der Waals surface area contributed by atoms with Crippen molar-refractivity contribution in [3.8, 4) is 0 Å². The number of nitrogens with zero attached hydrogens (tertiary/aromatic N) is 1. The minimum atomic E-state index is -0.00152. The molecule has 0 fully saturated rings. The van der Waals surface area contributed by atoms with Crippen LogP contribution in [0.4, 0.5) is 5.69 Å². The number of aliphatic imine (C=N–C) groups is 1. The molecule has 0 saturated heterocycles. The molecule has 1 heterocycles. The maximum absolute atomic E-state index is 6.06. The molecule has 3 N–H and O–H groups in total. The Kier molecular flexibility index (Phi) is 2.73. The Morgan fingerprint density at radius 3 is 2.80 bits per heavy atom. The lowest BCUT2D eigenvalue weighted by molar-refractivity contribution is 0.591. The lowest BCUT2D eigenvalue weighted by atomic mass is 10.0. The second-order valence-electron chi connectivity index (χ2n) is 4.25. The molecule has 1 aromatic carbocycles. The number of hydrogen-bond donors (Lipinski definition) is 2. The molecule has 3 nitrogen and oxygen atoms in total. The fourth-order valence-corrected chi connectivity index (χ4v) is 1.63. The normalized spacial score (nSPS) is 16.7. The molecule has 1 atom stereocenters. The first-order valence-corrected chi connectivity index (χ1v) is 5.33. The summed E-state index contributed by atoms with van der Waals surface area (Å²) in [6.07, 6.45) is 0. The molecule has 1 aromatic rings. The van der Waals surface area contributed by atoms with Gasteiger partial charge in [0.1, 0.15) is 5.84 Å². The molecule has 0 saturated carbocycles. The molecule has 3 heteroatoms. The van der Waals surface area contributed by atoms with Crippen LogP contribution in [0.15, 0.2) is 29.3 Å². The summed E-state index contributed by atoms with van der Waals surface area (Å²) in [4.78, 5) is 4.47. The van der Waals surface area contributed by atoms with Gasteiger partial charge in [0, 0.05) is 5.69 Å². The van der Waals surface area contributed by atoms with Crippen LogP contribution >= 0.6 is 0 Å². The van der Waals surface area contributed by atoms with Gasteiger partial charge < -0.3 is 11.1 Å². The second kappa shape index (κ2) is 4.03. The van der Waals surface area contributed by atoms with E-state index in [9.17, 15) is 0 Å². The number of nitrogens with two attached hydrogens (primary N) is 1. The molecule has 0 amide bonds. The van der Waals surface area contributed by atoms with Crippen molar-refractivity contribution >= 4 is 11.5 Å². The lowest BCUT2D eigenvalue weighted by Gasteiger charge is -2.24. The number of anilines is 1. The van der Waals surface area contributed by atoms with Gasteiger partial charge in [-0.3, -0.25) is 4.99 Å². The Morgan fingerprint density at radius 2 is 2.07 bits per heavy atom. The zero-order valence-corrected chi connectivity index (χ0v) is 9.20. The van der Waals surface area contributed by atoms with Crippen LogP contribution in [0.5, 0.6) is 0 Å². The second-order valence-corrected chi connectivity index (χ2v) is 4.25. The molecule has 15 heavy (non-hydrogen) atoms. The summed E-state index contributed by atoms with van der Waals surface area (Å²) in [7, 11) is 0. The average molecular weight is 203 g/mol. The van der Waals surface area contributed by atoms with Gasteiger partial charge in [-0.05, 0) is 17.5 Å². The predicted octanol–water partition coefficient (Wildman–Crippen LogP) is 1.99. The zero-order chi connectivity index (χ0) is 10.8. The first kappa shape index (κ1) is 10.2. The molecule has 0 spiro atoms. The number of nitrogens with one attached hydrogen (secondary N) is 1. The van der Waals surface area contributed by atoms with E-state index in [4.69, 9.17) is 5.73 Å². The molecule has 1 aliphatic heterocycles. The van der Waals surface area contributed by atoms with E-state index in [0.29, 0.717) is 5.92 Å². The lowest BCUT2D eigenvalue weighted by Crippen LogP contribution is -2.41. The van der Waals surface area contributed by atoms with Gasteiger partial charge in [0.15, 0.2) is 0 Å². The van der Waals surface area contributed by atoms with Gasteiger partial charge in [-0.25, -0.2) is 0 Å². The van der Waals surface area contributed by atoms with Crippen molar-refractivity contribution in [2.45, 2.75) is 26.4 Å². The van der Waals surface area contributed by atoms with Gasteiger partial charge in [0.2, 0.25) is 0 Å². The van der Waals surface area contributed by atoms with Crippen molar-refractivity contribution in [2.24, 2.45) is 16.6 Å². The molecule has 0 bridgehead atoms. The highest BCUT2D eigenvalue weighted by Gasteiger charge is 2.18. The number of fused-ring (bicyclic) bond motifs is 1. The third-order valence-corrected chi connectivity index (χ3v) is 2.73. The molecule has 0 aromatic heterocycles. The minimum Gasteiger partial charge on any atom is -0.342 e. The molecule has 0 unspecified atom stereocenters. The number of para-hydroxylation sites is 1. The van der Waals surface area contributed by atoms with Crippen molar-refractivity contribution in [1.82, 2.24) is 0 Å². The van der Waals surface area contributed by atoms with Gasteiger partial charge in [0.25, 0.3) is 0 Å². The van der Waals surface area contributed by atoms with E-state index in [1.807, 2.05) is 12.1 Å². The van der Waals surface area contributed by atoms with E-state index in [-0.39, 0.29) is 6.04 Å². The first-order valence-electron chi connectivity index (χ1n) is 5.33. The first-order chi connectivity index (χ1) is 7.18. The Bertz CT molecular complexity index is 382. The van der Waals surface area contributed by atoms with Crippen LogP contribution in [-0.4, -0.2) is 11.9 Å². The van der Waals surface area contributed by atoms with Crippen molar-refractivity contribution in [1.29, 1.82) is 0 Å². The van der Waals surface area contributed by atoms with Crippen LogP contribution in [0.25, 0.3) is 0 Å². The molecule has 0 radical (unpaired) electrons. The third kappa shape index (κ3) is 2.02. The fraction of sp³-hybridized carbons (Fsp3) is 0.417. The van der Waals surface area contributed by atoms with Crippen LogP contribution in [0.2, 0.25) is 0 Å². The van der Waals surface area contributed by atoms with Crippen LogP contribution in [0, 0.1) is 5.92 Å². The highest BCUT2D eigenvalue weighted by Crippen LogP contribution is 2.21. The summed E-state index contributed by atoms with van der Waals surface area (Å²) >= 11 is 0. The molecular weight excluding hydrogens is 186 g/mol. The third-order valence-electron chi connectivity index (χ3n) is 2.73. The van der Waals surface area contributed by atoms with Gasteiger partial charge in [-0.15, -0.1) is 0 Å². The number of rotatable bonds is 2. The standard InChI is InChI=1S/C12H17N3/c1-8(2)11(13)12-14-7-9-5-3-4-6-10(9)15-12/h3-6,8,11H,7,13H2,1-2H3,(H,14,15)/t11-/m1/s1. The monoisotopic (exact) mass is 203 g/mol. The molecule has 0 aliphatic carbocycles. The summed E-state index contributed by atoms with van der Waals surface area (Å²) in [5, 5.41) is 3.30. The molecule has 1 aliphatic rings. The van der Waals surface area contributed by atoms with E-state index >= 15 is 0 Å². The number of amidine groups is 1. The van der Waals surface area contributed by atoms with Crippen LogP contribution < -0.4 is 11.1 Å². The Hall–Kier alpha value is -1.35. The highest BCUT2D eigenvalue weighted by molar-refractivity contribution is 6.01. The summed E-state index contributed by atoms with van der Waals surface area (Å²) < 4.78 is 0. The Balaban J connectivity index is 2.19. The van der Waals surface area contributed by atoms with Crippen molar-refractivity contribution in [3.05, 3.63) is 29.8 Å². The number of benzene rings is 1. The maximum Gasteiger partial charge on any atom is 0.118 e.